The van der Waals surface area contributed by atoms with E-state index in [2.05, 4.69) is 55.5 Å². The van der Waals surface area contributed by atoms with E-state index in [1.54, 1.807) is 11.3 Å². The summed E-state index contributed by atoms with van der Waals surface area (Å²) in [5.74, 6) is 0.509. The highest BCUT2D eigenvalue weighted by molar-refractivity contribution is 7.14. The molecule has 2 heteroatoms. The number of rotatable bonds is 1. The topological polar surface area (TPSA) is 17.1 Å². The largest absolute Gasteiger partial charge is 0.297 e. The molecular weight excluding hydrogens is 288 g/mol. The van der Waals surface area contributed by atoms with Crippen LogP contribution in [-0.4, -0.2) is 6.29 Å². The zero-order valence-electron chi connectivity index (χ0n) is 12.2. The van der Waals surface area contributed by atoms with Gasteiger partial charge in [0, 0.05) is 16.7 Å². The van der Waals surface area contributed by atoms with Gasteiger partial charge in [-0.1, -0.05) is 48.5 Å². The van der Waals surface area contributed by atoms with E-state index in [0.717, 1.165) is 11.2 Å². The molecule has 1 heterocycles. The molecule has 0 aliphatic heterocycles. The Morgan fingerprint density at radius 1 is 0.818 bits per heavy atom. The molecule has 0 unspecified atom stereocenters. The molecule has 3 aliphatic carbocycles. The van der Waals surface area contributed by atoms with Crippen LogP contribution in [0.2, 0.25) is 0 Å². The number of hydrogen-bond acceptors (Lipinski definition) is 2. The summed E-state index contributed by atoms with van der Waals surface area (Å²) in [4.78, 5) is 13.8. The van der Waals surface area contributed by atoms with Crippen LogP contribution in [0.1, 0.15) is 59.8 Å². The Labute approximate surface area is 133 Å². The maximum atomic E-state index is 11.6. The van der Waals surface area contributed by atoms with Crippen LogP contribution in [0.25, 0.3) is 0 Å². The summed E-state index contributed by atoms with van der Waals surface area (Å²) < 4.78 is 0. The van der Waals surface area contributed by atoms with Crippen molar-refractivity contribution in [3.05, 3.63) is 91.7 Å². The van der Waals surface area contributed by atoms with Crippen LogP contribution < -0.4 is 0 Å². The van der Waals surface area contributed by atoms with Gasteiger partial charge in [0.1, 0.15) is 0 Å². The van der Waals surface area contributed by atoms with Gasteiger partial charge >= 0.3 is 0 Å². The first-order valence-electron chi connectivity index (χ1n) is 7.57. The van der Waals surface area contributed by atoms with Crippen LogP contribution in [0.5, 0.6) is 0 Å². The average Bonchev–Trinajstić information content (AvgIpc) is 2.92. The molecule has 0 saturated heterocycles. The molecule has 3 aromatic rings. The Bertz CT molecular complexity index is 887. The molecule has 0 N–H and O–H groups in total. The second kappa shape index (κ2) is 4.17. The fourth-order valence-corrected chi connectivity index (χ4v) is 5.43. The fourth-order valence-electron chi connectivity index (χ4n) is 4.37. The van der Waals surface area contributed by atoms with Gasteiger partial charge in [0.2, 0.25) is 0 Å². The van der Waals surface area contributed by atoms with Crippen LogP contribution in [0, 0.1) is 6.92 Å². The third-order valence-electron chi connectivity index (χ3n) is 5.12. The van der Waals surface area contributed by atoms with Crippen molar-refractivity contribution in [1.82, 2.24) is 0 Å². The van der Waals surface area contributed by atoms with E-state index in [1.807, 2.05) is 0 Å². The summed E-state index contributed by atoms with van der Waals surface area (Å²) in [7, 11) is 0. The zero-order chi connectivity index (χ0) is 14.8. The van der Waals surface area contributed by atoms with Gasteiger partial charge < -0.3 is 0 Å². The molecule has 0 radical (unpaired) electrons. The average molecular weight is 302 g/mol. The van der Waals surface area contributed by atoms with Crippen molar-refractivity contribution >= 4 is 17.6 Å². The molecule has 0 atom stereocenters. The molecule has 0 amide bonds. The van der Waals surface area contributed by atoms with Crippen LogP contribution in [-0.2, 0) is 0 Å². The van der Waals surface area contributed by atoms with Crippen molar-refractivity contribution in [3.63, 3.8) is 0 Å². The minimum absolute atomic E-state index is 0.220. The number of benzene rings is 2. The van der Waals surface area contributed by atoms with Crippen LogP contribution in [0.3, 0.4) is 0 Å². The Kier molecular flexibility index (Phi) is 2.35. The van der Waals surface area contributed by atoms with Gasteiger partial charge in [0.15, 0.2) is 6.29 Å². The molecular formula is C20H14OS. The molecule has 0 spiro atoms. The molecule has 3 aliphatic rings. The second-order valence-electron chi connectivity index (χ2n) is 6.09. The number of aldehydes is 1. The van der Waals surface area contributed by atoms with E-state index in [4.69, 9.17) is 0 Å². The molecule has 6 rings (SSSR count). The molecule has 0 saturated carbocycles. The van der Waals surface area contributed by atoms with Crippen molar-refractivity contribution in [2.75, 3.05) is 0 Å². The molecule has 1 aromatic heterocycles. The third-order valence-corrected chi connectivity index (χ3v) is 6.18. The van der Waals surface area contributed by atoms with Crippen LogP contribution in [0.4, 0.5) is 0 Å². The Balaban J connectivity index is 1.95. The smallest absolute Gasteiger partial charge is 0.160 e. The number of carbonyl (C=O) groups excluding carboxylic acids is 1. The lowest BCUT2D eigenvalue weighted by molar-refractivity contribution is 0.112. The highest BCUT2D eigenvalue weighted by Gasteiger charge is 2.44. The lowest BCUT2D eigenvalue weighted by atomic mass is 9.61. The highest BCUT2D eigenvalue weighted by atomic mass is 32.1. The maximum Gasteiger partial charge on any atom is 0.160 e. The predicted octanol–water partition coefficient (Wildman–Crippen LogP) is 4.86. The lowest BCUT2D eigenvalue weighted by Crippen LogP contribution is -2.27. The van der Waals surface area contributed by atoms with Gasteiger partial charge in [-0.2, -0.15) is 0 Å². The van der Waals surface area contributed by atoms with E-state index in [9.17, 15) is 4.79 Å². The Morgan fingerprint density at radius 2 is 1.27 bits per heavy atom. The summed E-state index contributed by atoms with van der Waals surface area (Å²) in [5.41, 5.74) is 8.22. The van der Waals surface area contributed by atoms with Gasteiger partial charge in [-0.25, -0.2) is 0 Å². The van der Waals surface area contributed by atoms with Gasteiger partial charge in [0.25, 0.3) is 0 Å². The molecule has 1 nitrogen and oxygen atoms in total. The predicted molar refractivity (Wildman–Crippen MR) is 89.2 cm³/mol. The van der Waals surface area contributed by atoms with E-state index in [1.165, 1.54) is 38.3 Å². The Hall–Kier alpha value is -2.19. The van der Waals surface area contributed by atoms with Crippen molar-refractivity contribution in [3.8, 4) is 0 Å². The molecule has 106 valence electrons. The lowest BCUT2D eigenvalue weighted by Gasteiger charge is -2.41. The highest BCUT2D eigenvalue weighted by Crippen LogP contribution is 2.58. The maximum absolute atomic E-state index is 11.6. The SMILES string of the molecule is Cc1sc(C=O)c2c1C1c3ccccc3C2c2ccccc21. The minimum Gasteiger partial charge on any atom is -0.297 e. The summed E-state index contributed by atoms with van der Waals surface area (Å²) in [6, 6.07) is 17.5. The quantitative estimate of drug-likeness (QED) is 0.404. The molecule has 0 fully saturated rings. The van der Waals surface area contributed by atoms with Crippen molar-refractivity contribution < 1.29 is 4.79 Å². The number of carbonyl (C=O) groups is 1. The van der Waals surface area contributed by atoms with Crippen LogP contribution in [0.15, 0.2) is 48.5 Å². The van der Waals surface area contributed by atoms with Gasteiger partial charge in [0.05, 0.1) is 4.88 Å². The minimum atomic E-state index is 0.220. The number of aryl methyl sites for hydroxylation is 1. The number of thiophene rings is 1. The first-order valence-corrected chi connectivity index (χ1v) is 8.39. The van der Waals surface area contributed by atoms with E-state index >= 15 is 0 Å². The van der Waals surface area contributed by atoms with Crippen LogP contribution >= 0.6 is 11.3 Å². The van der Waals surface area contributed by atoms with E-state index in [-0.39, 0.29) is 11.8 Å². The fraction of sp³-hybridized carbons (Fsp3) is 0.150. The molecule has 2 bridgehead atoms. The normalized spacial score (nSPS) is 20.2. The van der Waals surface area contributed by atoms with E-state index < -0.39 is 0 Å². The monoisotopic (exact) mass is 302 g/mol. The summed E-state index contributed by atoms with van der Waals surface area (Å²) in [6.45, 7) is 2.16. The van der Waals surface area contributed by atoms with E-state index in [0.29, 0.717) is 0 Å². The summed E-state index contributed by atoms with van der Waals surface area (Å²) in [5, 5.41) is 0. The van der Waals surface area contributed by atoms with Gasteiger partial charge in [-0.05, 0) is 40.3 Å². The first-order chi connectivity index (χ1) is 10.8. The van der Waals surface area contributed by atoms with Crippen molar-refractivity contribution in [1.29, 1.82) is 0 Å². The number of hydrogen-bond donors (Lipinski definition) is 0. The summed E-state index contributed by atoms with van der Waals surface area (Å²) in [6.07, 6.45) is 1.04. The van der Waals surface area contributed by atoms with Crippen molar-refractivity contribution in [2.45, 2.75) is 18.8 Å². The molecule has 2 aromatic carbocycles. The Morgan fingerprint density at radius 3 is 1.73 bits per heavy atom. The first kappa shape index (κ1) is 12.4. The third kappa shape index (κ3) is 1.32. The van der Waals surface area contributed by atoms with Crippen molar-refractivity contribution in [2.24, 2.45) is 0 Å². The molecule has 22 heavy (non-hydrogen) atoms. The zero-order valence-corrected chi connectivity index (χ0v) is 13.0. The standard InChI is InChI=1S/C20H14OS/c1-11-17-18-12-6-2-4-8-14(12)19(20(17)16(10-21)22-11)15-9-5-3-7-13(15)18/h2-10,18-19H,1H3. The second-order valence-corrected chi connectivity index (χ2v) is 7.35. The summed E-state index contributed by atoms with van der Waals surface area (Å²) >= 11 is 1.65. The van der Waals surface area contributed by atoms with Gasteiger partial charge in [-0.3, -0.25) is 4.79 Å². The van der Waals surface area contributed by atoms with Gasteiger partial charge in [-0.15, -0.1) is 11.3 Å².